The summed E-state index contributed by atoms with van der Waals surface area (Å²) in [5.41, 5.74) is 3.92. The predicted octanol–water partition coefficient (Wildman–Crippen LogP) is 6.81. The van der Waals surface area contributed by atoms with Crippen LogP contribution in [0.5, 0.6) is 5.75 Å². The maximum atomic E-state index is 13.3. The number of phenolic OH excluding ortho intramolecular Hbond substituents is 1. The summed E-state index contributed by atoms with van der Waals surface area (Å²) in [5.74, 6) is 0.0130. The van der Waals surface area contributed by atoms with Gasteiger partial charge in [0.2, 0.25) is 5.89 Å². The summed E-state index contributed by atoms with van der Waals surface area (Å²) in [4.78, 5) is 8.85. The maximum absolute atomic E-state index is 13.3. The second-order valence-electron chi connectivity index (χ2n) is 6.24. The van der Waals surface area contributed by atoms with Gasteiger partial charge in [0.1, 0.15) is 17.1 Å². The quantitative estimate of drug-likeness (QED) is 0.342. The number of hydrogen-bond acceptors (Lipinski definition) is 4. The molecule has 0 bridgehead atoms. The fourth-order valence-electron chi connectivity index (χ4n) is 2.78. The SMILES string of the molecule is Cc1cc(Br)c(O)c(C=Nc2ccc3oc(-c4ccc(F)cc4Cl)nc3c2)c1. The van der Waals surface area contributed by atoms with Crippen LogP contribution in [0.2, 0.25) is 5.02 Å². The smallest absolute Gasteiger partial charge is 0.228 e. The van der Waals surface area contributed by atoms with Crippen molar-refractivity contribution in [2.45, 2.75) is 6.92 Å². The van der Waals surface area contributed by atoms with E-state index in [-0.39, 0.29) is 10.8 Å². The molecule has 0 spiro atoms. The van der Waals surface area contributed by atoms with Crippen molar-refractivity contribution in [3.05, 3.63) is 75.0 Å². The highest BCUT2D eigenvalue weighted by Gasteiger charge is 2.13. The van der Waals surface area contributed by atoms with E-state index < -0.39 is 5.82 Å². The Morgan fingerprint density at radius 2 is 2.00 bits per heavy atom. The number of aromatic nitrogens is 1. The first-order valence-corrected chi connectivity index (χ1v) is 9.47. The third-order valence-electron chi connectivity index (χ3n) is 4.12. The van der Waals surface area contributed by atoms with Crippen LogP contribution in [0.4, 0.5) is 10.1 Å². The molecule has 28 heavy (non-hydrogen) atoms. The Labute approximate surface area is 173 Å². The molecule has 0 fully saturated rings. The molecule has 4 aromatic rings. The number of nitrogens with zero attached hydrogens (tertiary/aromatic N) is 2. The van der Waals surface area contributed by atoms with Gasteiger partial charge < -0.3 is 9.52 Å². The van der Waals surface area contributed by atoms with Gasteiger partial charge >= 0.3 is 0 Å². The summed E-state index contributed by atoms with van der Waals surface area (Å²) in [6, 6.07) is 13.0. The lowest BCUT2D eigenvalue weighted by atomic mass is 10.1. The number of phenols is 1. The van der Waals surface area contributed by atoms with Crippen molar-refractivity contribution in [3.63, 3.8) is 0 Å². The molecule has 4 rings (SSSR count). The average molecular weight is 460 g/mol. The molecule has 140 valence electrons. The van der Waals surface area contributed by atoms with Crippen molar-refractivity contribution in [3.8, 4) is 17.2 Å². The molecule has 0 atom stereocenters. The molecule has 0 saturated heterocycles. The Kier molecular flexibility index (Phi) is 4.91. The van der Waals surface area contributed by atoms with Crippen LogP contribution < -0.4 is 0 Å². The normalized spacial score (nSPS) is 11.6. The van der Waals surface area contributed by atoms with E-state index in [1.165, 1.54) is 18.2 Å². The first kappa shape index (κ1) is 18.7. The summed E-state index contributed by atoms with van der Waals surface area (Å²) in [6.07, 6.45) is 1.59. The molecular formula is C21H13BrClFN2O2. The zero-order chi connectivity index (χ0) is 19.8. The summed E-state index contributed by atoms with van der Waals surface area (Å²) in [7, 11) is 0. The number of halogens is 3. The molecule has 0 aliphatic rings. The van der Waals surface area contributed by atoms with E-state index in [2.05, 4.69) is 25.9 Å². The highest BCUT2D eigenvalue weighted by molar-refractivity contribution is 9.10. The van der Waals surface area contributed by atoms with E-state index in [9.17, 15) is 9.50 Å². The molecule has 1 heterocycles. The Bertz CT molecular complexity index is 1240. The first-order valence-electron chi connectivity index (χ1n) is 8.30. The van der Waals surface area contributed by atoms with Gasteiger partial charge in [-0.25, -0.2) is 9.37 Å². The van der Waals surface area contributed by atoms with Gasteiger partial charge in [0.05, 0.1) is 20.7 Å². The van der Waals surface area contributed by atoms with Crippen LogP contribution in [-0.4, -0.2) is 16.3 Å². The minimum atomic E-state index is -0.424. The number of aromatic hydroxyl groups is 1. The zero-order valence-corrected chi connectivity index (χ0v) is 16.9. The monoisotopic (exact) mass is 458 g/mol. The third kappa shape index (κ3) is 3.66. The summed E-state index contributed by atoms with van der Waals surface area (Å²) in [5, 5.41) is 10.4. The fraction of sp³-hybridized carbons (Fsp3) is 0.0476. The van der Waals surface area contributed by atoms with Gasteiger partial charge in [-0.3, -0.25) is 4.99 Å². The maximum Gasteiger partial charge on any atom is 0.228 e. The second kappa shape index (κ2) is 7.37. The Morgan fingerprint density at radius 3 is 2.79 bits per heavy atom. The van der Waals surface area contributed by atoms with Crippen molar-refractivity contribution < 1.29 is 13.9 Å². The fourth-order valence-corrected chi connectivity index (χ4v) is 3.62. The predicted molar refractivity (Wildman–Crippen MR) is 112 cm³/mol. The molecule has 0 radical (unpaired) electrons. The van der Waals surface area contributed by atoms with Gasteiger partial charge in [0, 0.05) is 11.8 Å². The minimum absolute atomic E-state index is 0.130. The van der Waals surface area contributed by atoms with Crippen LogP contribution in [0.25, 0.3) is 22.6 Å². The highest BCUT2D eigenvalue weighted by Crippen LogP contribution is 2.32. The average Bonchev–Trinajstić information content (AvgIpc) is 3.06. The molecule has 7 heteroatoms. The van der Waals surface area contributed by atoms with E-state index in [4.69, 9.17) is 16.0 Å². The molecule has 1 N–H and O–H groups in total. The lowest BCUT2D eigenvalue weighted by molar-refractivity contribution is 0.471. The number of oxazole rings is 1. The topological polar surface area (TPSA) is 58.6 Å². The van der Waals surface area contributed by atoms with Crippen molar-refractivity contribution >= 4 is 50.5 Å². The van der Waals surface area contributed by atoms with Crippen LogP contribution in [0.3, 0.4) is 0 Å². The molecule has 0 saturated carbocycles. The van der Waals surface area contributed by atoms with E-state index >= 15 is 0 Å². The number of benzene rings is 3. The molecule has 0 amide bonds. The van der Waals surface area contributed by atoms with Crippen LogP contribution in [0.1, 0.15) is 11.1 Å². The van der Waals surface area contributed by atoms with Crippen molar-refractivity contribution in [2.24, 2.45) is 4.99 Å². The lowest BCUT2D eigenvalue weighted by Crippen LogP contribution is -1.86. The van der Waals surface area contributed by atoms with E-state index in [0.29, 0.717) is 38.3 Å². The van der Waals surface area contributed by atoms with Crippen LogP contribution in [0, 0.1) is 12.7 Å². The van der Waals surface area contributed by atoms with Crippen molar-refractivity contribution in [1.82, 2.24) is 4.98 Å². The Morgan fingerprint density at radius 1 is 1.18 bits per heavy atom. The number of aliphatic imine (C=N–C) groups is 1. The molecular weight excluding hydrogens is 447 g/mol. The Balaban J connectivity index is 1.69. The third-order valence-corrected chi connectivity index (χ3v) is 5.04. The van der Waals surface area contributed by atoms with Gasteiger partial charge in [0.25, 0.3) is 0 Å². The Hall–Kier alpha value is -2.70. The standard InChI is InChI=1S/C21H13BrClFN2O2/c1-11-6-12(20(27)16(22)7-11)10-25-14-3-5-19-18(9-14)26-21(28-19)15-4-2-13(24)8-17(15)23/h2-10,27H,1H3. The summed E-state index contributed by atoms with van der Waals surface area (Å²) in [6.45, 7) is 1.94. The van der Waals surface area contributed by atoms with E-state index in [1.54, 1.807) is 24.4 Å². The summed E-state index contributed by atoms with van der Waals surface area (Å²) >= 11 is 9.41. The van der Waals surface area contributed by atoms with Gasteiger partial charge in [-0.1, -0.05) is 11.6 Å². The van der Waals surface area contributed by atoms with Crippen molar-refractivity contribution in [1.29, 1.82) is 0 Å². The molecule has 1 aromatic heterocycles. The molecule has 0 unspecified atom stereocenters. The molecule has 4 nitrogen and oxygen atoms in total. The number of fused-ring (bicyclic) bond motifs is 1. The molecule has 0 aliphatic carbocycles. The van der Waals surface area contributed by atoms with Crippen LogP contribution in [0.15, 0.2) is 62.4 Å². The molecule has 3 aromatic carbocycles. The molecule has 0 aliphatic heterocycles. The number of aryl methyl sites for hydroxylation is 1. The first-order chi connectivity index (χ1) is 13.4. The summed E-state index contributed by atoms with van der Waals surface area (Å²) < 4.78 is 19.6. The lowest BCUT2D eigenvalue weighted by Gasteiger charge is -2.03. The number of hydrogen-bond donors (Lipinski definition) is 1. The largest absolute Gasteiger partial charge is 0.506 e. The zero-order valence-electron chi connectivity index (χ0n) is 14.6. The van der Waals surface area contributed by atoms with Crippen LogP contribution in [-0.2, 0) is 0 Å². The van der Waals surface area contributed by atoms with E-state index in [0.717, 1.165) is 5.56 Å². The highest BCUT2D eigenvalue weighted by atomic mass is 79.9. The van der Waals surface area contributed by atoms with Gasteiger partial charge in [0.15, 0.2) is 5.58 Å². The minimum Gasteiger partial charge on any atom is -0.506 e. The van der Waals surface area contributed by atoms with Gasteiger partial charge in [-0.15, -0.1) is 0 Å². The van der Waals surface area contributed by atoms with Crippen molar-refractivity contribution in [2.75, 3.05) is 0 Å². The van der Waals surface area contributed by atoms with Gasteiger partial charge in [-0.2, -0.15) is 0 Å². The number of rotatable bonds is 3. The van der Waals surface area contributed by atoms with Gasteiger partial charge in [-0.05, 0) is 76.9 Å². The van der Waals surface area contributed by atoms with E-state index in [1.807, 2.05) is 19.1 Å². The van der Waals surface area contributed by atoms with Crippen LogP contribution >= 0.6 is 27.5 Å². The second-order valence-corrected chi connectivity index (χ2v) is 7.50.